The van der Waals surface area contributed by atoms with Crippen molar-refractivity contribution in [3.05, 3.63) is 47.3 Å². The smallest absolute Gasteiger partial charge is 0.234 e. The molecule has 0 saturated carbocycles. The molecule has 26 heavy (non-hydrogen) atoms. The summed E-state index contributed by atoms with van der Waals surface area (Å²) in [5.74, 6) is 0.941. The lowest BCUT2D eigenvalue weighted by atomic mass is 10.1. The van der Waals surface area contributed by atoms with Crippen LogP contribution in [-0.2, 0) is 11.2 Å². The number of methoxy groups -OCH3 is 1. The number of hydrogen-bond acceptors (Lipinski definition) is 4. The highest BCUT2D eigenvalue weighted by Crippen LogP contribution is 2.22. The Bertz CT molecular complexity index is 739. The number of hydrogen-bond donors (Lipinski definition) is 1. The molecule has 1 aliphatic rings. The van der Waals surface area contributed by atoms with Crippen LogP contribution in [0.3, 0.4) is 0 Å². The summed E-state index contributed by atoms with van der Waals surface area (Å²) in [5, 5.41) is 7.60. The molecule has 0 aliphatic carbocycles. The minimum absolute atomic E-state index is 0.0903. The number of nitrogens with one attached hydrogen (secondary N) is 1. The first kappa shape index (κ1) is 18.5. The van der Waals surface area contributed by atoms with E-state index in [4.69, 9.17) is 4.74 Å². The van der Waals surface area contributed by atoms with Gasteiger partial charge < -0.3 is 10.1 Å². The van der Waals surface area contributed by atoms with Crippen LogP contribution in [0.25, 0.3) is 0 Å². The Kier molecular flexibility index (Phi) is 5.93. The minimum atomic E-state index is 0.0903. The highest BCUT2D eigenvalue weighted by atomic mass is 16.5. The van der Waals surface area contributed by atoms with Crippen LogP contribution in [0.15, 0.2) is 30.3 Å². The summed E-state index contributed by atoms with van der Waals surface area (Å²) < 4.78 is 7.26. The second kappa shape index (κ2) is 8.36. The monoisotopic (exact) mass is 356 g/mol. The van der Waals surface area contributed by atoms with Crippen molar-refractivity contribution in [3.8, 4) is 5.75 Å². The van der Waals surface area contributed by atoms with E-state index in [1.165, 1.54) is 11.3 Å². The van der Waals surface area contributed by atoms with Gasteiger partial charge in [-0.25, -0.2) is 0 Å². The molecule has 140 valence electrons. The summed E-state index contributed by atoms with van der Waals surface area (Å²) in [7, 11) is 1.66. The van der Waals surface area contributed by atoms with Gasteiger partial charge >= 0.3 is 0 Å². The normalized spacial score (nSPS) is 17.4. The third-order valence-corrected chi connectivity index (χ3v) is 4.90. The van der Waals surface area contributed by atoms with Gasteiger partial charge in [-0.15, -0.1) is 0 Å². The minimum Gasteiger partial charge on any atom is -0.497 e. The van der Waals surface area contributed by atoms with Crippen molar-refractivity contribution in [1.82, 2.24) is 20.0 Å². The number of aryl methyl sites for hydroxylation is 2. The summed E-state index contributed by atoms with van der Waals surface area (Å²) in [4.78, 5) is 14.4. The zero-order valence-corrected chi connectivity index (χ0v) is 15.9. The molecule has 1 aromatic heterocycles. The Labute approximate surface area is 155 Å². The molecule has 0 spiro atoms. The largest absolute Gasteiger partial charge is 0.497 e. The molecule has 1 N–H and O–H groups in total. The maximum absolute atomic E-state index is 12.2. The van der Waals surface area contributed by atoms with Crippen LogP contribution < -0.4 is 10.1 Å². The molecule has 1 atom stereocenters. The molecule has 1 aromatic carbocycles. The first-order chi connectivity index (χ1) is 12.5. The number of likely N-dealkylation sites (tertiary alicyclic amines) is 1. The molecule has 3 rings (SSSR count). The highest BCUT2D eigenvalue weighted by Gasteiger charge is 2.26. The predicted octanol–water partition coefficient (Wildman–Crippen LogP) is 2.11. The second-order valence-electron chi connectivity index (χ2n) is 7.00. The standard InChI is InChI=1S/C20H28N4O2/c1-15-12-16(2)24(22-15)18-9-11-23(13-18)14-20(25)21-10-8-17-4-6-19(26-3)7-5-17/h4-7,12,18H,8-11,13-14H2,1-3H3,(H,21,25)/t18-/m0/s1. The van der Waals surface area contributed by atoms with E-state index in [1.807, 2.05) is 31.2 Å². The molecule has 0 unspecified atom stereocenters. The number of ether oxygens (including phenoxy) is 1. The van der Waals surface area contributed by atoms with Gasteiger partial charge in [0.15, 0.2) is 0 Å². The van der Waals surface area contributed by atoms with Gasteiger partial charge in [-0.1, -0.05) is 12.1 Å². The lowest BCUT2D eigenvalue weighted by Gasteiger charge is -2.16. The topological polar surface area (TPSA) is 59.4 Å². The molecular weight excluding hydrogens is 328 g/mol. The van der Waals surface area contributed by atoms with Crippen LogP contribution in [0, 0.1) is 13.8 Å². The number of carbonyl (C=O) groups excluding carboxylic acids is 1. The van der Waals surface area contributed by atoms with Gasteiger partial charge in [0.2, 0.25) is 5.91 Å². The Morgan fingerprint density at radius 3 is 2.73 bits per heavy atom. The summed E-state index contributed by atoms with van der Waals surface area (Å²) in [6.07, 6.45) is 1.87. The van der Waals surface area contributed by atoms with Crippen molar-refractivity contribution in [2.75, 3.05) is 33.3 Å². The number of carbonyl (C=O) groups is 1. The molecule has 1 aliphatic heterocycles. The quantitative estimate of drug-likeness (QED) is 0.826. The van der Waals surface area contributed by atoms with E-state index in [-0.39, 0.29) is 5.91 Å². The second-order valence-corrected chi connectivity index (χ2v) is 7.00. The fourth-order valence-electron chi connectivity index (χ4n) is 3.57. The SMILES string of the molecule is COc1ccc(CCNC(=O)CN2CC[C@H](n3nc(C)cc3C)C2)cc1. The Balaban J connectivity index is 1.40. The molecule has 2 aromatic rings. The average molecular weight is 356 g/mol. The number of rotatable bonds is 7. The van der Waals surface area contributed by atoms with Gasteiger partial charge in [-0.2, -0.15) is 5.10 Å². The molecule has 1 saturated heterocycles. The lowest BCUT2D eigenvalue weighted by molar-refractivity contribution is -0.122. The van der Waals surface area contributed by atoms with Gasteiger partial charge in [0.25, 0.3) is 0 Å². The fourth-order valence-corrected chi connectivity index (χ4v) is 3.57. The zero-order chi connectivity index (χ0) is 18.5. The van der Waals surface area contributed by atoms with E-state index in [2.05, 4.69) is 33.0 Å². The average Bonchev–Trinajstić information content (AvgIpc) is 3.21. The van der Waals surface area contributed by atoms with Crippen LogP contribution in [-0.4, -0.2) is 53.9 Å². The molecule has 0 bridgehead atoms. The van der Waals surface area contributed by atoms with E-state index in [0.29, 0.717) is 19.1 Å². The van der Waals surface area contributed by atoms with Crippen LogP contribution >= 0.6 is 0 Å². The van der Waals surface area contributed by atoms with E-state index < -0.39 is 0 Å². The van der Waals surface area contributed by atoms with E-state index in [0.717, 1.165) is 37.4 Å². The van der Waals surface area contributed by atoms with Gasteiger partial charge in [0, 0.05) is 25.3 Å². The zero-order valence-electron chi connectivity index (χ0n) is 15.9. The summed E-state index contributed by atoms with van der Waals surface area (Å²) in [5.41, 5.74) is 3.44. The van der Waals surface area contributed by atoms with Gasteiger partial charge in [0.05, 0.1) is 25.4 Å². The molecule has 1 fully saturated rings. The summed E-state index contributed by atoms with van der Waals surface area (Å²) >= 11 is 0. The first-order valence-corrected chi connectivity index (χ1v) is 9.20. The number of benzene rings is 1. The molecular formula is C20H28N4O2. The van der Waals surface area contributed by atoms with E-state index >= 15 is 0 Å². The molecule has 0 radical (unpaired) electrons. The van der Waals surface area contributed by atoms with Crippen molar-refractivity contribution in [1.29, 1.82) is 0 Å². The molecule has 6 nitrogen and oxygen atoms in total. The Morgan fingerprint density at radius 2 is 2.08 bits per heavy atom. The summed E-state index contributed by atoms with van der Waals surface area (Å²) in [6.45, 7) is 7.04. The maximum Gasteiger partial charge on any atom is 0.234 e. The van der Waals surface area contributed by atoms with Crippen LogP contribution in [0.4, 0.5) is 0 Å². The third kappa shape index (κ3) is 4.64. The van der Waals surface area contributed by atoms with Gasteiger partial charge in [-0.05, 0) is 50.5 Å². The Morgan fingerprint density at radius 1 is 1.31 bits per heavy atom. The number of nitrogens with zero attached hydrogens (tertiary/aromatic N) is 3. The van der Waals surface area contributed by atoms with E-state index in [9.17, 15) is 4.79 Å². The first-order valence-electron chi connectivity index (χ1n) is 9.20. The van der Waals surface area contributed by atoms with Crippen LogP contribution in [0.2, 0.25) is 0 Å². The number of aromatic nitrogens is 2. The van der Waals surface area contributed by atoms with Crippen molar-refractivity contribution < 1.29 is 9.53 Å². The van der Waals surface area contributed by atoms with Crippen molar-refractivity contribution in [2.45, 2.75) is 32.7 Å². The van der Waals surface area contributed by atoms with Crippen molar-refractivity contribution in [3.63, 3.8) is 0 Å². The summed E-state index contributed by atoms with van der Waals surface area (Å²) in [6, 6.07) is 10.4. The predicted molar refractivity (Wildman–Crippen MR) is 102 cm³/mol. The lowest BCUT2D eigenvalue weighted by Crippen LogP contribution is -2.37. The molecule has 2 heterocycles. The molecule has 6 heteroatoms. The number of amides is 1. The van der Waals surface area contributed by atoms with E-state index in [1.54, 1.807) is 7.11 Å². The van der Waals surface area contributed by atoms with Crippen LogP contribution in [0.5, 0.6) is 5.75 Å². The molecule has 1 amide bonds. The van der Waals surface area contributed by atoms with Gasteiger partial charge in [-0.3, -0.25) is 14.4 Å². The van der Waals surface area contributed by atoms with Gasteiger partial charge in [0.1, 0.15) is 5.75 Å². The van der Waals surface area contributed by atoms with Crippen molar-refractivity contribution >= 4 is 5.91 Å². The third-order valence-electron chi connectivity index (χ3n) is 4.90. The highest BCUT2D eigenvalue weighted by molar-refractivity contribution is 5.78. The maximum atomic E-state index is 12.2. The fraction of sp³-hybridized carbons (Fsp3) is 0.500. The van der Waals surface area contributed by atoms with Crippen LogP contribution in [0.1, 0.15) is 29.4 Å². The van der Waals surface area contributed by atoms with Crippen molar-refractivity contribution in [2.24, 2.45) is 0 Å². The Hall–Kier alpha value is -2.34.